The van der Waals surface area contributed by atoms with Crippen LogP contribution in [0.15, 0.2) is 42.5 Å². The summed E-state index contributed by atoms with van der Waals surface area (Å²) in [4.78, 5) is 0. The largest absolute Gasteiger partial charge is 0.456 e. The molecular weight excluding hydrogens is 248 g/mol. The fourth-order valence-corrected chi connectivity index (χ4v) is 1.89. The van der Waals surface area contributed by atoms with Crippen LogP contribution >= 0.6 is 11.6 Å². The summed E-state index contributed by atoms with van der Waals surface area (Å²) in [6.07, 6.45) is -0.532. The van der Waals surface area contributed by atoms with Gasteiger partial charge in [0.15, 0.2) is 0 Å². The molecule has 1 atom stereocenters. The minimum atomic E-state index is -0.532. The number of rotatable bonds is 3. The van der Waals surface area contributed by atoms with Gasteiger partial charge in [0.25, 0.3) is 0 Å². The summed E-state index contributed by atoms with van der Waals surface area (Å²) in [6, 6.07) is 13.1. The molecule has 3 heteroatoms. The first kappa shape index (κ1) is 12.9. The van der Waals surface area contributed by atoms with Crippen molar-refractivity contribution in [1.82, 2.24) is 0 Å². The molecule has 0 aliphatic rings. The molecule has 0 radical (unpaired) electrons. The van der Waals surface area contributed by atoms with E-state index in [0.717, 1.165) is 16.9 Å². The molecule has 1 N–H and O–H groups in total. The Hall–Kier alpha value is -1.51. The molecule has 94 valence electrons. The Morgan fingerprint density at radius 2 is 1.94 bits per heavy atom. The van der Waals surface area contributed by atoms with Crippen molar-refractivity contribution >= 4 is 11.6 Å². The SMILES string of the molecule is Cc1cccc(Oc2ccc(C(C)O)cc2Cl)c1. The average molecular weight is 263 g/mol. The molecule has 0 spiro atoms. The third-order valence-corrected chi connectivity index (χ3v) is 2.95. The summed E-state index contributed by atoms with van der Waals surface area (Å²) < 4.78 is 5.71. The highest BCUT2D eigenvalue weighted by molar-refractivity contribution is 6.32. The van der Waals surface area contributed by atoms with Crippen molar-refractivity contribution in [2.24, 2.45) is 0 Å². The third-order valence-electron chi connectivity index (χ3n) is 2.66. The van der Waals surface area contributed by atoms with E-state index in [0.29, 0.717) is 10.8 Å². The Morgan fingerprint density at radius 1 is 1.17 bits per heavy atom. The van der Waals surface area contributed by atoms with Gasteiger partial charge in [0.1, 0.15) is 11.5 Å². The van der Waals surface area contributed by atoms with Gasteiger partial charge >= 0.3 is 0 Å². The highest BCUT2D eigenvalue weighted by atomic mass is 35.5. The Morgan fingerprint density at radius 3 is 2.56 bits per heavy atom. The van der Waals surface area contributed by atoms with Crippen LogP contribution in [0.25, 0.3) is 0 Å². The van der Waals surface area contributed by atoms with Crippen LogP contribution in [0, 0.1) is 6.92 Å². The summed E-state index contributed by atoms with van der Waals surface area (Å²) in [5.41, 5.74) is 1.90. The highest BCUT2D eigenvalue weighted by Gasteiger charge is 2.07. The third kappa shape index (κ3) is 3.03. The molecule has 0 bridgehead atoms. The predicted octanol–water partition coefficient (Wildman–Crippen LogP) is 4.49. The lowest BCUT2D eigenvalue weighted by molar-refractivity contribution is 0.199. The van der Waals surface area contributed by atoms with Gasteiger partial charge in [-0.2, -0.15) is 0 Å². The molecule has 2 nitrogen and oxygen atoms in total. The van der Waals surface area contributed by atoms with Gasteiger partial charge < -0.3 is 9.84 Å². The van der Waals surface area contributed by atoms with Gasteiger partial charge in [0.2, 0.25) is 0 Å². The summed E-state index contributed by atoms with van der Waals surface area (Å²) in [7, 11) is 0. The maximum Gasteiger partial charge on any atom is 0.146 e. The van der Waals surface area contributed by atoms with Gasteiger partial charge in [-0.3, -0.25) is 0 Å². The van der Waals surface area contributed by atoms with Crippen molar-refractivity contribution in [3.8, 4) is 11.5 Å². The summed E-state index contributed by atoms with van der Waals surface area (Å²) in [5.74, 6) is 1.34. The Bertz CT molecular complexity index is 550. The maximum atomic E-state index is 9.47. The van der Waals surface area contributed by atoms with Crippen LogP contribution < -0.4 is 4.74 Å². The van der Waals surface area contributed by atoms with Gasteiger partial charge in [-0.15, -0.1) is 0 Å². The van der Waals surface area contributed by atoms with E-state index in [9.17, 15) is 5.11 Å². The first-order valence-corrected chi connectivity index (χ1v) is 6.16. The summed E-state index contributed by atoms with van der Waals surface area (Å²) in [6.45, 7) is 3.71. The van der Waals surface area contributed by atoms with E-state index >= 15 is 0 Å². The summed E-state index contributed by atoms with van der Waals surface area (Å²) >= 11 is 6.13. The molecule has 0 aliphatic carbocycles. The van der Waals surface area contributed by atoms with E-state index in [1.807, 2.05) is 37.3 Å². The van der Waals surface area contributed by atoms with E-state index in [-0.39, 0.29) is 0 Å². The fourth-order valence-electron chi connectivity index (χ4n) is 1.67. The van der Waals surface area contributed by atoms with E-state index in [1.54, 1.807) is 19.1 Å². The topological polar surface area (TPSA) is 29.5 Å². The van der Waals surface area contributed by atoms with Gasteiger partial charge in [-0.05, 0) is 49.2 Å². The van der Waals surface area contributed by atoms with Crippen molar-refractivity contribution in [3.63, 3.8) is 0 Å². The molecular formula is C15H15ClO2. The molecule has 0 saturated heterocycles. The fraction of sp³-hybridized carbons (Fsp3) is 0.200. The number of hydrogen-bond acceptors (Lipinski definition) is 2. The van der Waals surface area contributed by atoms with Gasteiger partial charge in [-0.1, -0.05) is 29.8 Å². The zero-order valence-corrected chi connectivity index (χ0v) is 11.1. The number of aryl methyl sites for hydroxylation is 1. The van der Waals surface area contributed by atoms with Crippen LogP contribution in [0.1, 0.15) is 24.2 Å². The second-order valence-corrected chi connectivity index (χ2v) is 4.69. The molecule has 0 heterocycles. The Balaban J connectivity index is 2.24. The molecule has 0 aliphatic heterocycles. The van der Waals surface area contributed by atoms with Crippen molar-refractivity contribution in [2.45, 2.75) is 20.0 Å². The van der Waals surface area contributed by atoms with Gasteiger partial charge in [0.05, 0.1) is 11.1 Å². The number of aliphatic hydroxyl groups excluding tert-OH is 1. The number of benzene rings is 2. The Labute approximate surface area is 112 Å². The molecule has 2 rings (SSSR count). The molecule has 0 fully saturated rings. The van der Waals surface area contributed by atoms with E-state index in [1.165, 1.54) is 0 Å². The normalized spacial score (nSPS) is 12.2. The first-order valence-electron chi connectivity index (χ1n) is 5.78. The second-order valence-electron chi connectivity index (χ2n) is 4.28. The van der Waals surface area contributed by atoms with Crippen LogP contribution in [-0.4, -0.2) is 5.11 Å². The zero-order chi connectivity index (χ0) is 13.1. The first-order chi connectivity index (χ1) is 8.56. The van der Waals surface area contributed by atoms with Gasteiger partial charge in [-0.25, -0.2) is 0 Å². The average Bonchev–Trinajstić information content (AvgIpc) is 2.31. The quantitative estimate of drug-likeness (QED) is 0.883. The number of hydrogen-bond donors (Lipinski definition) is 1. The van der Waals surface area contributed by atoms with Crippen LogP contribution in [0.3, 0.4) is 0 Å². The minimum absolute atomic E-state index is 0.495. The van der Waals surface area contributed by atoms with Crippen LogP contribution in [0.2, 0.25) is 5.02 Å². The van der Waals surface area contributed by atoms with Crippen molar-refractivity contribution < 1.29 is 9.84 Å². The van der Waals surface area contributed by atoms with Crippen LogP contribution in [0.4, 0.5) is 0 Å². The molecule has 2 aromatic rings. The van der Waals surface area contributed by atoms with Crippen molar-refractivity contribution in [1.29, 1.82) is 0 Å². The minimum Gasteiger partial charge on any atom is -0.456 e. The van der Waals surface area contributed by atoms with Crippen molar-refractivity contribution in [2.75, 3.05) is 0 Å². The maximum absolute atomic E-state index is 9.47. The monoisotopic (exact) mass is 262 g/mol. The molecule has 0 aromatic heterocycles. The number of halogens is 1. The standard InChI is InChI=1S/C15H15ClO2/c1-10-4-3-5-13(8-10)18-15-7-6-12(11(2)17)9-14(15)16/h3-9,11,17H,1-2H3. The lowest BCUT2D eigenvalue weighted by Gasteiger charge is -2.10. The summed E-state index contributed by atoms with van der Waals surface area (Å²) in [5, 5.41) is 9.96. The lowest BCUT2D eigenvalue weighted by atomic mass is 10.1. The molecule has 0 saturated carbocycles. The van der Waals surface area contributed by atoms with E-state index < -0.39 is 6.10 Å². The highest BCUT2D eigenvalue weighted by Crippen LogP contribution is 2.31. The predicted molar refractivity (Wildman–Crippen MR) is 73.3 cm³/mol. The zero-order valence-electron chi connectivity index (χ0n) is 10.4. The van der Waals surface area contributed by atoms with Crippen LogP contribution in [-0.2, 0) is 0 Å². The molecule has 2 aromatic carbocycles. The molecule has 0 amide bonds. The van der Waals surface area contributed by atoms with Crippen molar-refractivity contribution in [3.05, 3.63) is 58.6 Å². The number of ether oxygens (including phenoxy) is 1. The van der Waals surface area contributed by atoms with Gasteiger partial charge in [0, 0.05) is 0 Å². The number of aliphatic hydroxyl groups is 1. The molecule has 18 heavy (non-hydrogen) atoms. The molecule has 1 unspecified atom stereocenters. The smallest absolute Gasteiger partial charge is 0.146 e. The lowest BCUT2D eigenvalue weighted by Crippen LogP contribution is -1.92. The Kier molecular flexibility index (Phi) is 3.90. The second kappa shape index (κ2) is 5.42. The van der Waals surface area contributed by atoms with E-state index in [4.69, 9.17) is 16.3 Å². The van der Waals surface area contributed by atoms with E-state index in [2.05, 4.69) is 0 Å². The van der Waals surface area contributed by atoms with Crippen LogP contribution in [0.5, 0.6) is 11.5 Å².